The Kier molecular flexibility index (Phi) is 4.89. The molecule has 2 aliphatic rings. The number of aliphatic hydroxyl groups is 3. The van der Waals surface area contributed by atoms with Crippen molar-refractivity contribution in [2.45, 2.75) is 78.1 Å². The summed E-state index contributed by atoms with van der Waals surface area (Å²) in [5.74, 6) is -0.103. The summed E-state index contributed by atoms with van der Waals surface area (Å²) in [4.78, 5) is 0. The molecule has 0 aliphatic heterocycles. The molecule has 0 unspecified atom stereocenters. The Morgan fingerprint density at radius 3 is 2.35 bits per heavy atom. The summed E-state index contributed by atoms with van der Waals surface area (Å²) in [5, 5.41) is 32.5. The van der Waals surface area contributed by atoms with E-state index in [0.29, 0.717) is 6.42 Å². The van der Waals surface area contributed by atoms with Crippen LogP contribution in [0, 0.1) is 22.7 Å². The SMILES string of the molecule is C=C/C(C)=C\C[C@H]1[C@](C)(O)[C@@H](O)[C@H](O)[C@H]2C(C)(C)CCC[C@@]21C. The molecule has 3 heteroatoms. The highest BCUT2D eigenvalue weighted by Crippen LogP contribution is 2.62. The van der Waals surface area contributed by atoms with Gasteiger partial charge < -0.3 is 15.3 Å². The van der Waals surface area contributed by atoms with Crippen molar-refractivity contribution in [1.29, 1.82) is 0 Å². The number of hydrogen-bond acceptors (Lipinski definition) is 3. The topological polar surface area (TPSA) is 60.7 Å². The molecule has 23 heavy (non-hydrogen) atoms. The maximum Gasteiger partial charge on any atom is 0.109 e. The molecule has 0 aromatic rings. The van der Waals surface area contributed by atoms with E-state index >= 15 is 0 Å². The number of hydrogen-bond donors (Lipinski definition) is 3. The lowest BCUT2D eigenvalue weighted by atomic mass is 9.43. The van der Waals surface area contributed by atoms with Gasteiger partial charge >= 0.3 is 0 Å². The summed E-state index contributed by atoms with van der Waals surface area (Å²) in [7, 11) is 0. The molecule has 0 aromatic carbocycles. The molecule has 0 spiro atoms. The quantitative estimate of drug-likeness (QED) is 0.698. The normalized spacial score (nSPS) is 47.0. The van der Waals surface area contributed by atoms with Crippen molar-refractivity contribution in [3.05, 3.63) is 24.3 Å². The van der Waals surface area contributed by atoms with E-state index in [2.05, 4.69) is 33.4 Å². The average molecular weight is 322 g/mol. The lowest BCUT2D eigenvalue weighted by Gasteiger charge is -2.64. The Hall–Kier alpha value is -0.640. The minimum absolute atomic E-state index is 0.0126. The monoisotopic (exact) mass is 322 g/mol. The Balaban J connectivity index is 2.49. The second-order valence-electron chi connectivity index (χ2n) is 8.93. The van der Waals surface area contributed by atoms with Gasteiger partial charge in [0.1, 0.15) is 6.10 Å². The van der Waals surface area contributed by atoms with E-state index < -0.39 is 17.8 Å². The van der Waals surface area contributed by atoms with E-state index in [0.717, 1.165) is 24.8 Å². The number of fused-ring (bicyclic) bond motifs is 1. The maximum atomic E-state index is 11.1. The van der Waals surface area contributed by atoms with Crippen LogP contribution in [0.5, 0.6) is 0 Å². The Morgan fingerprint density at radius 1 is 1.17 bits per heavy atom. The summed E-state index contributed by atoms with van der Waals surface area (Å²) in [6, 6.07) is 0. The highest BCUT2D eigenvalue weighted by atomic mass is 16.4. The van der Waals surface area contributed by atoms with E-state index in [1.54, 1.807) is 6.92 Å². The standard InChI is InChI=1S/C20H34O3/c1-7-13(2)9-10-14-19(5)12-8-11-18(3,4)16(19)15(21)17(22)20(14,6)23/h7,9,14-17,21-23H,1,8,10-12H2,2-6H3/b13-9-/t14-,15-,16+,17+,19-,20+/m1/s1. The van der Waals surface area contributed by atoms with Crippen molar-refractivity contribution in [2.24, 2.45) is 22.7 Å². The van der Waals surface area contributed by atoms with Crippen molar-refractivity contribution in [2.75, 3.05) is 0 Å². The van der Waals surface area contributed by atoms with Gasteiger partial charge in [-0.3, -0.25) is 0 Å². The van der Waals surface area contributed by atoms with Crippen LogP contribution in [0.2, 0.25) is 0 Å². The van der Waals surface area contributed by atoms with Gasteiger partial charge in [-0.1, -0.05) is 51.5 Å². The first-order valence-electron chi connectivity index (χ1n) is 8.86. The zero-order valence-electron chi connectivity index (χ0n) is 15.3. The van der Waals surface area contributed by atoms with Crippen LogP contribution in [0.3, 0.4) is 0 Å². The minimum atomic E-state index is -1.30. The molecule has 6 atom stereocenters. The predicted molar refractivity (Wildman–Crippen MR) is 93.9 cm³/mol. The Bertz CT molecular complexity index is 491. The third-order valence-electron chi connectivity index (χ3n) is 6.85. The molecule has 2 rings (SSSR count). The first-order valence-corrected chi connectivity index (χ1v) is 8.86. The van der Waals surface area contributed by atoms with Gasteiger partial charge in [0.2, 0.25) is 0 Å². The Morgan fingerprint density at radius 2 is 1.78 bits per heavy atom. The summed E-state index contributed by atoms with van der Waals surface area (Å²) < 4.78 is 0. The van der Waals surface area contributed by atoms with Gasteiger partial charge in [-0.15, -0.1) is 0 Å². The first kappa shape index (κ1) is 18.7. The number of allylic oxidation sites excluding steroid dienone is 3. The van der Waals surface area contributed by atoms with Gasteiger partial charge in [-0.2, -0.15) is 0 Å². The molecule has 3 N–H and O–H groups in total. The molecule has 0 aromatic heterocycles. The molecule has 3 nitrogen and oxygen atoms in total. The van der Waals surface area contributed by atoms with Crippen molar-refractivity contribution >= 4 is 0 Å². The number of rotatable bonds is 3. The zero-order valence-corrected chi connectivity index (χ0v) is 15.3. The molecule has 0 radical (unpaired) electrons. The molecular formula is C20H34O3. The van der Waals surface area contributed by atoms with Crippen molar-refractivity contribution in [3.63, 3.8) is 0 Å². The van der Waals surface area contributed by atoms with Crippen LogP contribution in [0.1, 0.15) is 60.3 Å². The van der Waals surface area contributed by atoms with E-state index in [1.165, 1.54) is 0 Å². The minimum Gasteiger partial charge on any atom is -0.390 e. The average Bonchev–Trinajstić information content (AvgIpc) is 2.43. The van der Waals surface area contributed by atoms with E-state index in [9.17, 15) is 15.3 Å². The van der Waals surface area contributed by atoms with Crippen LogP contribution in [-0.4, -0.2) is 33.1 Å². The van der Waals surface area contributed by atoms with Gasteiger partial charge in [0.25, 0.3) is 0 Å². The van der Waals surface area contributed by atoms with E-state index in [1.807, 2.05) is 13.0 Å². The molecule has 2 fully saturated rings. The van der Waals surface area contributed by atoms with E-state index in [4.69, 9.17) is 0 Å². The largest absolute Gasteiger partial charge is 0.390 e. The van der Waals surface area contributed by atoms with Crippen LogP contribution in [0.25, 0.3) is 0 Å². The molecule has 2 saturated carbocycles. The fourth-order valence-corrected chi connectivity index (χ4v) is 5.67. The maximum absolute atomic E-state index is 11.1. The highest BCUT2D eigenvalue weighted by Gasteiger charge is 2.64. The van der Waals surface area contributed by atoms with Crippen LogP contribution < -0.4 is 0 Å². The van der Waals surface area contributed by atoms with Crippen LogP contribution in [0.4, 0.5) is 0 Å². The molecular weight excluding hydrogens is 288 g/mol. The van der Waals surface area contributed by atoms with Gasteiger partial charge in [-0.25, -0.2) is 0 Å². The third kappa shape index (κ3) is 2.92. The van der Waals surface area contributed by atoms with Crippen molar-refractivity contribution < 1.29 is 15.3 Å². The molecule has 2 aliphatic carbocycles. The van der Waals surface area contributed by atoms with Crippen LogP contribution in [0.15, 0.2) is 24.3 Å². The summed E-state index contributed by atoms with van der Waals surface area (Å²) in [5.41, 5.74) is -0.450. The molecule has 0 amide bonds. The van der Waals surface area contributed by atoms with Crippen molar-refractivity contribution in [1.82, 2.24) is 0 Å². The molecule has 0 heterocycles. The lowest BCUT2D eigenvalue weighted by Crippen LogP contribution is -2.69. The first-order chi connectivity index (χ1) is 10.5. The predicted octanol–water partition coefficient (Wildman–Crippen LogP) is 3.44. The second-order valence-corrected chi connectivity index (χ2v) is 8.93. The fraction of sp³-hybridized carbons (Fsp3) is 0.800. The van der Waals surface area contributed by atoms with Gasteiger partial charge in [0.15, 0.2) is 0 Å². The second kappa shape index (κ2) is 6.02. The lowest BCUT2D eigenvalue weighted by molar-refractivity contribution is -0.265. The van der Waals surface area contributed by atoms with Crippen molar-refractivity contribution in [3.8, 4) is 0 Å². The summed E-state index contributed by atoms with van der Waals surface area (Å²) >= 11 is 0. The third-order valence-corrected chi connectivity index (χ3v) is 6.85. The van der Waals surface area contributed by atoms with Gasteiger partial charge in [0.05, 0.1) is 11.7 Å². The molecule has 0 bridgehead atoms. The summed E-state index contributed by atoms with van der Waals surface area (Å²) in [6.45, 7) is 14.0. The highest BCUT2D eigenvalue weighted by molar-refractivity contribution is 5.18. The Labute approximate surface area is 141 Å². The van der Waals surface area contributed by atoms with E-state index in [-0.39, 0.29) is 22.7 Å². The smallest absolute Gasteiger partial charge is 0.109 e. The van der Waals surface area contributed by atoms with Gasteiger partial charge in [-0.05, 0) is 55.8 Å². The van der Waals surface area contributed by atoms with Crippen LogP contribution in [-0.2, 0) is 0 Å². The van der Waals surface area contributed by atoms with Gasteiger partial charge in [0, 0.05) is 0 Å². The molecule has 132 valence electrons. The van der Waals surface area contributed by atoms with Crippen LogP contribution >= 0.6 is 0 Å². The summed E-state index contributed by atoms with van der Waals surface area (Å²) in [6.07, 6.45) is 5.73. The fourth-order valence-electron chi connectivity index (χ4n) is 5.67. The molecule has 0 saturated heterocycles. The number of aliphatic hydroxyl groups excluding tert-OH is 2. The zero-order chi connectivity index (χ0) is 17.6.